The maximum absolute atomic E-state index is 12.5. The van der Waals surface area contributed by atoms with Gasteiger partial charge in [0.2, 0.25) is 11.1 Å². The summed E-state index contributed by atoms with van der Waals surface area (Å²) in [5, 5.41) is 11.2. The summed E-state index contributed by atoms with van der Waals surface area (Å²) in [4.78, 5) is 12.5. The van der Waals surface area contributed by atoms with Gasteiger partial charge in [0.15, 0.2) is 5.82 Å². The highest BCUT2D eigenvalue weighted by Gasteiger charge is 2.20. The van der Waals surface area contributed by atoms with E-state index in [2.05, 4.69) is 22.4 Å². The molecule has 0 saturated carbocycles. The number of anilines is 1. The number of aryl methyl sites for hydroxylation is 3. The number of para-hydroxylation sites is 1. The van der Waals surface area contributed by atoms with Crippen molar-refractivity contribution < 1.29 is 9.53 Å². The topological polar surface area (TPSA) is 95.1 Å². The van der Waals surface area contributed by atoms with Gasteiger partial charge in [-0.15, -0.1) is 10.2 Å². The Kier molecular flexibility index (Phi) is 6.99. The van der Waals surface area contributed by atoms with Crippen LogP contribution in [-0.4, -0.2) is 26.0 Å². The van der Waals surface area contributed by atoms with E-state index in [0.717, 1.165) is 29.0 Å². The van der Waals surface area contributed by atoms with E-state index in [4.69, 9.17) is 10.6 Å². The molecule has 0 aliphatic rings. The molecule has 3 rings (SSSR count). The minimum absolute atomic E-state index is 0.124. The van der Waals surface area contributed by atoms with Gasteiger partial charge in [-0.2, -0.15) is 0 Å². The van der Waals surface area contributed by atoms with Crippen LogP contribution in [0.1, 0.15) is 36.4 Å². The first-order valence-electron chi connectivity index (χ1n) is 9.83. The number of carbonyl (C=O) groups is 1. The Bertz CT molecular complexity index is 997. The lowest BCUT2D eigenvalue weighted by Gasteiger charge is -2.13. The molecule has 8 heteroatoms. The number of ether oxygens (including phenoxy) is 1. The van der Waals surface area contributed by atoms with Gasteiger partial charge in [0.25, 0.3) is 0 Å². The third-order valence-electron chi connectivity index (χ3n) is 4.77. The summed E-state index contributed by atoms with van der Waals surface area (Å²) < 4.78 is 7.28. The Labute approximate surface area is 181 Å². The molecule has 0 spiro atoms. The number of hydrogen-bond donors (Lipinski definition) is 2. The SMILES string of the molecule is CCc1ccc(NC(=O)[C@@H](C)Sc2nnc(COc3c(C)cccc3C)n2N)cc1. The van der Waals surface area contributed by atoms with Crippen LogP contribution in [0.3, 0.4) is 0 Å². The average molecular weight is 426 g/mol. The van der Waals surface area contributed by atoms with Crippen molar-refractivity contribution in [2.24, 2.45) is 0 Å². The Morgan fingerprint density at radius 3 is 2.47 bits per heavy atom. The van der Waals surface area contributed by atoms with Crippen molar-refractivity contribution >= 4 is 23.4 Å². The second-order valence-electron chi connectivity index (χ2n) is 7.08. The fraction of sp³-hybridized carbons (Fsp3) is 0.318. The first kappa shape index (κ1) is 21.7. The van der Waals surface area contributed by atoms with Gasteiger partial charge >= 0.3 is 0 Å². The standard InChI is InChI=1S/C22H27N5O2S/c1-5-17-9-11-18(12-10-17)24-21(28)16(4)30-22-26-25-19(27(22)23)13-29-20-14(2)7-6-8-15(20)3/h6-12,16H,5,13,23H2,1-4H3,(H,24,28)/t16-/m1/s1. The minimum Gasteiger partial charge on any atom is -0.485 e. The van der Waals surface area contributed by atoms with Gasteiger partial charge in [-0.1, -0.05) is 49.0 Å². The predicted molar refractivity (Wildman–Crippen MR) is 120 cm³/mol. The van der Waals surface area contributed by atoms with E-state index in [1.807, 2.05) is 63.2 Å². The number of nitrogens with one attached hydrogen (secondary N) is 1. The summed E-state index contributed by atoms with van der Waals surface area (Å²) in [5.74, 6) is 7.32. The number of rotatable bonds is 8. The number of benzene rings is 2. The molecule has 0 radical (unpaired) electrons. The zero-order valence-corrected chi connectivity index (χ0v) is 18.5. The highest BCUT2D eigenvalue weighted by Crippen LogP contribution is 2.25. The van der Waals surface area contributed by atoms with E-state index in [-0.39, 0.29) is 12.5 Å². The molecule has 1 atom stereocenters. The highest BCUT2D eigenvalue weighted by atomic mass is 32.2. The van der Waals surface area contributed by atoms with Gasteiger partial charge in [0.1, 0.15) is 12.4 Å². The molecule has 0 aliphatic carbocycles. The monoisotopic (exact) mass is 425 g/mol. The van der Waals surface area contributed by atoms with Gasteiger partial charge in [0, 0.05) is 5.69 Å². The van der Waals surface area contributed by atoms with Crippen LogP contribution in [0, 0.1) is 13.8 Å². The summed E-state index contributed by atoms with van der Waals surface area (Å²) in [6.45, 7) is 8.08. The molecule has 1 heterocycles. The van der Waals surface area contributed by atoms with Crippen molar-refractivity contribution in [2.45, 2.75) is 51.1 Å². The second-order valence-corrected chi connectivity index (χ2v) is 8.39. The molecule has 0 unspecified atom stereocenters. The van der Waals surface area contributed by atoms with Gasteiger partial charge in [-0.3, -0.25) is 4.79 Å². The van der Waals surface area contributed by atoms with Crippen molar-refractivity contribution in [2.75, 3.05) is 11.2 Å². The Morgan fingerprint density at radius 1 is 1.17 bits per heavy atom. The van der Waals surface area contributed by atoms with Crippen LogP contribution in [0.25, 0.3) is 0 Å². The Morgan fingerprint density at radius 2 is 1.83 bits per heavy atom. The third-order valence-corrected chi connectivity index (χ3v) is 5.83. The van der Waals surface area contributed by atoms with Crippen molar-refractivity contribution in [3.05, 3.63) is 65.0 Å². The largest absolute Gasteiger partial charge is 0.485 e. The lowest BCUT2D eigenvalue weighted by Crippen LogP contribution is -2.24. The number of aromatic nitrogens is 3. The minimum atomic E-state index is -0.394. The van der Waals surface area contributed by atoms with Crippen LogP contribution in [0.5, 0.6) is 5.75 Å². The van der Waals surface area contributed by atoms with Crippen LogP contribution in [0.2, 0.25) is 0 Å². The summed E-state index contributed by atoms with van der Waals surface area (Å²) in [7, 11) is 0. The lowest BCUT2D eigenvalue weighted by molar-refractivity contribution is -0.115. The number of nitrogens with two attached hydrogens (primary N) is 1. The molecule has 0 saturated heterocycles. The quantitative estimate of drug-likeness (QED) is 0.420. The summed E-state index contributed by atoms with van der Waals surface area (Å²) in [6.07, 6.45) is 0.960. The number of nitrogens with zero attached hydrogens (tertiary/aromatic N) is 3. The van der Waals surface area contributed by atoms with Crippen molar-refractivity contribution in [1.82, 2.24) is 14.9 Å². The third kappa shape index (κ3) is 5.13. The Balaban J connectivity index is 1.60. The summed E-state index contributed by atoms with van der Waals surface area (Å²) in [6, 6.07) is 13.8. The van der Waals surface area contributed by atoms with Crippen molar-refractivity contribution in [1.29, 1.82) is 0 Å². The summed E-state index contributed by atoms with van der Waals surface area (Å²) >= 11 is 1.25. The maximum atomic E-state index is 12.5. The second kappa shape index (κ2) is 9.67. The molecular formula is C22H27N5O2S. The van der Waals surface area contributed by atoms with Gasteiger partial charge in [-0.25, -0.2) is 4.68 Å². The zero-order chi connectivity index (χ0) is 21.7. The molecule has 158 valence electrons. The highest BCUT2D eigenvalue weighted by molar-refractivity contribution is 8.00. The van der Waals surface area contributed by atoms with Gasteiger partial charge < -0.3 is 15.9 Å². The van der Waals surface area contributed by atoms with Crippen LogP contribution in [-0.2, 0) is 17.8 Å². The molecule has 2 aromatic carbocycles. The molecule has 30 heavy (non-hydrogen) atoms. The lowest BCUT2D eigenvalue weighted by atomic mass is 10.1. The number of nitrogen functional groups attached to an aromatic ring is 1. The van der Waals surface area contributed by atoms with Crippen molar-refractivity contribution in [3.8, 4) is 5.75 Å². The van der Waals surface area contributed by atoms with E-state index < -0.39 is 5.25 Å². The molecular weight excluding hydrogens is 398 g/mol. The number of carbonyl (C=O) groups excluding carboxylic acids is 1. The van der Waals surface area contributed by atoms with Crippen LogP contribution in [0.15, 0.2) is 47.6 Å². The van der Waals surface area contributed by atoms with E-state index >= 15 is 0 Å². The molecule has 0 aliphatic heterocycles. The van der Waals surface area contributed by atoms with E-state index in [0.29, 0.717) is 11.0 Å². The van der Waals surface area contributed by atoms with E-state index in [9.17, 15) is 4.79 Å². The number of amides is 1. The summed E-state index contributed by atoms with van der Waals surface area (Å²) in [5.41, 5.74) is 4.08. The molecule has 3 aromatic rings. The first-order chi connectivity index (χ1) is 14.4. The Hall–Kier alpha value is -3.00. The molecule has 0 bridgehead atoms. The van der Waals surface area contributed by atoms with Crippen LogP contribution >= 0.6 is 11.8 Å². The predicted octanol–water partition coefficient (Wildman–Crippen LogP) is 3.87. The number of thioether (sulfide) groups is 1. The van der Waals surface area contributed by atoms with Gasteiger partial charge in [0.05, 0.1) is 5.25 Å². The fourth-order valence-electron chi connectivity index (χ4n) is 2.93. The zero-order valence-electron chi connectivity index (χ0n) is 17.7. The smallest absolute Gasteiger partial charge is 0.237 e. The van der Waals surface area contributed by atoms with Crippen LogP contribution < -0.4 is 15.9 Å². The van der Waals surface area contributed by atoms with Crippen molar-refractivity contribution in [3.63, 3.8) is 0 Å². The molecule has 3 N–H and O–H groups in total. The molecule has 0 fully saturated rings. The van der Waals surface area contributed by atoms with Crippen LogP contribution in [0.4, 0.5) is 5.69 Å². The number of hydrogen-bond acceptors (Lipinski definition) is 6. The molecule has 1 aromatic heterocycles. The fourth-order valence-corrected chi connectivity index (χ4v) is 3.72. The van der Waals surface area contributed by atoms with E-state index in [1.165, 1.54) is 22.0 Å². The molecule has 1 amide bonds. The normalized spacial score (nSPS) is 11.9. The van der Waals surface area contributed by atoms with Gasteiger partial charge in [-0.05, 0) is 56.0 Å². The average Bonchev–Trinajstić information content (AvgIpc) is 3.07. The van der Waals surface area contributed by atoms with E-state index in [1.54, 1.807) is 0 Å². The molecule has 7 nitrogen and oxygen atoms in total. The maximum Gasteiger partial charge on any atom is 0.237 e. The first-order valence-corrected chi connectivity index (χ1v) is 10.7.